The van der Waals surface area contributed by atoms with Gasteiger partial charge in [0.25, 0.3) is 0 Å². The number of hydrogen-bond donors (Lipinski definition) is 1. The Morgan fingerprint density at radius 3 is 2.40 bits per heavy atom. The summed E-state index contributed by atoms with van der Waals surface area (Å²) in [5, 5.41) is 2.99. The van der Waals surface area contributed by atoms with E-state index < -0.39 is 0 Å². The van der Waals surface area contributed by atoms with Crippen molar-refractivity contribution in [3.05, 3.63) is 6.54 Å². The summed E-state index contributed by atoms with van der Waals surface area (Å²) in [5.41, 5.74) is 0. The molecule has 0 aliphatic carbocycles. The van der Waals surface area contributed by atoms with Gasteiger partial charge in [-0.3, -0.25) is 0 Å². The molecular formula is C4H10N. The molecule has 0 aliphatic heterocycles. The van der Waals surface area contributed by atoms with Gasteiger partial charge in [0.15, 0.2) is 0 Å². The fourth-order valence-corrected chi connectivity index (χ4v) is 0.204. The van der Waals surface area contributed by atoms with Gasteiger partial charge < -0.3 is 5.32 Å². The molecule has 0 rings (SSSR count). The third-order valence-electron chi connectivity index (χ3n) is 0.408. The molecule has 0 heterocycles. The van der Waals surface area contributed by atoms with E-state index in [1.165, 1.54) is 0 Å². The maximum absolute atomic E-state index is 2.99. The summed E-state index contributed by atoms with van der Waals surface area (Å²) >= 11 is 0. The maximum atomic E-state index is 2.99. The molecule has 5 heavy (non-hydrogen) atoms. The van der Waals surface area contributed by atoms with Gasteiger partial charge in [-0.2, -0.15) is 0 Å². The predicted octanol–water partition coefficient (Wildman–Crippen LogP) is 0.778. The normalized spacial score (nSPS) is 8.40. The van der Waals surface area contributed by atoms with Crippen LogP contribution in [-0.2, 0) is 0 Å². The van der Waals surface area contributed by atoms with Gasteiger partial charge in [-0.15, -0.1) is 0 Å². The third-order valence-corrected chi connectivity index (χ3v) is 0.408. The Morgan fingerprint density at radius 1 is 1.80 bits per heavy atom. The number of hydrogen-bond acceptors (Lipinski definition) is 1. The first kappa shape index (κ1) is 4.96. The van der Waals surface area contributed by atoms with Crippen LogP contribution in [0.4, 0.5) is 0 Å². The lowest BCUT2D eigenvalue weighted by molar-refractivity contribution is 0.848. The van der Waals surface area contributed by atoms with Crippen molar-refractivity contribution in [2.45, 2.75) is 13.8 Å². The molecule has 31 valence electrons. The van der Waals surface area contributed by atoms with Gasteiger partial charge in [-0.1, -0.05) is 6.92 Å². The quantitative estimate of drug-likeness (QED) is 0.508. The van der Waals surface area contributed by atoms with E-state index >= 15 is 0 Å². The van der Waals surface area contributed by atoms with Crippen molar-refractivity contribution in [1.82, 2.24) is 5.32 Å². The summed E-state index contributed by atoms with van der Waals surface area (Å²) in [4.78, 5) is 0. The van der Waals surface area contributed by atoms with Crippen LogP contribution in [0.3, 0.4) is 0 Å². The topological polar surface area (TPSA) is 12.0 Å². The van der Waals surface area contributed by atoms with Gasteiger partial charge >= 0.3 is 0 Å². The Kier molecular flexibility index (Phi) is 3.93. The highest BCUT2D eigenvalue weighted by Crippen LogP contribution is 1.56. The second-order valence-electron chi connectivity index (χ2n) is 0.846. The molecule has 0 atom stereocenters. The van der Waals surface area contributed by atoms with Crippen molar-refractivity contribution in [1.29, 1.82) is 0 Å². The highest BCUT2D eigenvalue weighted by molar-refractivity contribution is 4.45. The van der Waals surface area contributed by atoms with Gasteiger partial charge in [0, 0.05) is 6.54 Å². The lowest BCUT2D eigenvalue weighted by atomic mass is 10.7. The van der Waals surface area contributed by atoms with E-state index in [9.17, 15) is 0 Å². The van der Waals surface area contributed by atoms with E-state index in [4.69, 9.17) is 0 Å². The van der Waals surface area contributed by atoms with Gasteiger partial charge in [0.05, 0.1) is 0 Å². The van der Waals surface area contributed by atoms with E-state index in [0.717, 1.165) is 6.54 Å². The van der Waals surface area contributed by atoms with E-state index in [1.807, 2.05) is 13.5 Å². The fraction of sp³-hybridized carbons (Fsp3) is 0.750. The van der Waals surface area contributed by atoms with Crippen LogP contribution in [0.5, 0.6) is 0 Å². The monoisotopic (exact) mass is 72.1 g/mol. The molecule has 0 aromatic rings. The summed E-state index contributed by atoms with van der Waals surface area (Å²) in [7, 11) is 0. The molecule has 0 amide bonds. The first-order valence-corrected chi connectivity index (χ1v) is 1.93. The van der Waals surface area contributed by atoms with Crippen LogP contribution in [0.15, 0.2) is 0 Å². The van der Waals surface area contributed by atoms with Crippen LogP contribution in [0.1, 0.15) is 13.8 Å². The minimum atomic E-state index is 1.04. The van der Waals surface area contributed by atoms with Crippen LogP contribution in [0, 0.1) is 6.54 Å². The van der Waals surface area contributed by atoms with E-state index in [2.05, 4.69) is 12.2 Å². The zero-order valence-electron chi connectivity index (χ0n) is 3.78. The number of nitrogens with one attached hydrogen (secondary N) is 1. The zero-order valence-corrected chi connectivity index (χ0v) is 3.78. The molecule has 0 saturated carbocycles. The van der Waals surface area contributed by atoms with E-state index in [0.29, 0.717) is 0 Å². The van der Waals surface area contributed by atoms with Crippen LogP contribution in [0.2, 0.25) is 0 Å². The second kappa shape index (κ2) is 3.96. The molecule has 0 unspecified atom stereocenters. The van der Waals surface area contributed by atoms with Crippen LogP contribution in [-0.4, -0.2) is 6.54 Å². The molecule has 1 heteroatoms. The van der Waals surface area contributed by atoms with Crippen molar-refractivity contribution >= 4 is 0 Å². The molecule has 0 aliphatic rings. The van der Waals surface area contributed by atoms with Crippen LogP contribution in [0.25, 0.3) is 0 Å². The molecular weight excluding hydrogens is 62.1 g/mol. The highest BCUT2D eigenvalue weighted by atomic mass is 14.8. The summed E-state index contributed by atoms with van der Waals surface area (Å²) in [5.74, 6) is 0. The summed E-state index contributed by atoms with van der Waals surface area (Å²) in [6.07, 6.45) is 0. The average molecular weight is 72.1 g/mol. The lowest BCUT2D eigenvalue weighted by Crippen LogP contribution is -2.04. The average Bonchev–Trinajstić information content (AvgIpc) is 1.41. The lowest BCUT2D eigenvalue weighted by Gasteiger charge is -1.85. The maximum Gasteiger partial charge on any atom is 0.0190 e. The van der Waals surface area contributed by atoms with E-state index in [-0.39, 0.29) is 0 Å². The fourth-order valence-electron chi connectivity index (χ4n) is 0.204. The van der Waals surface area contributed by atoms with E-state index in [1.54, 1.807) is 0 Å². The molecule has 1 N–H and O–H groups in total. The van der Waals surface area contributed by atoms with Crippen molar-refractivity contribution in [3.63, 3.8) is 0 Å². The number of rotatable bonds is 2. The van der Waals surface area contributed by atoms with Gasteiger partial charge in [-0.05, 0) is 13.5 Å². The Hall–Kier alpha value is -0.0400. The molecule has 0 aromatic heterocycles. The van der Waals surface area contributed by atoms with Gasteiger partial charge in [-0.25, -0.2) is 0 Å². The Bertz CT molecular complexity index is 11.1. The second-order valence-corrected chi connectivity index (χ2v) is 0.846. The molecule has 1 radical (unpaired) electrons. The van der Waals surface area contributed by atoms with Crippen molar-refractivity contribution < 1.29 is 0 Å². The molecule has 0 fully saturated rings. The van der Waals surface area contributed by atoms with Crippen molar-refractivity contribution in [3.8, 4) is 0 Å². The molecule has 0 bridgehead atoms. The summed E-state index contributed by atoms with van der Waals surface area (Å²) < 4.78 is 0. The largest absolute Gasteiger partial charge is 0.313 e. The van der Waals surface area contributed by atoms with Crippen molar-refractivity contribution in [2.75, 3.05) is 6.54 Å². The molecule has 0 spiro atoms. The minimum absolute atomic E-state index is 1.04. The van der Waals surface area contributed by atoms with Gasteiger partial charge in [0.2, 0.25) is 0 Å². The first-order valence-electron chi connectivity index (χ1n) is 1.93. The molecule has 0 saturated heterocycles. The minimum Gasteiger partial charge on any atom is -0.313 e. The predicted molar refractivity (Wildman–Crippen MR) is 23.7 cm³/mol. The van der Waals surface area contributed by atoms with Crippen LogP contribution >= 0.6 is 0 Å². The standard InChI is InChI=1S/C4H10N/c1-3-5-4-2/h3,5H,4H2,1-2H3. The molecule has 0 aromatic carbocycles. The van der Waals surface area contributed by atoms with Gasteiger partial charge in [0.1, 0.15) is 0 Å². The third kappa shape index (κ3) is 3.96. The zero-order chi connectivity index (χ0) is 4.12. The summed E-state index contributed by atoms with van der Waals surface area (Å²) in [6, 6.07) is 0. The first-order chi connectivity index (χ1) is 2.41. The smallest absolute Gasteiger partial charge is 0.0190 e. The van der Waals surface area contributed by atoms with Crippen LogP contribution < -0.4 is 5.32 Å². The summed E-state index contributed by atoms with van der Waals surface area (Å²) in [6.45, 7) is 7.01. The Morgan fingerprint density at radius 2 is 2.40 bits per heavy atom. The van der Waals surface area contributed by atoms with Crippen molar-refractivity contribution in [2.24, 2.45) is 0 Å². The highest BCUT2D eigenvalue weighted by Gasteiger charge is 1.63. The Balaban J connectivity index is 2.19. The Labute approximate surface area is 33.4 Å². The molecule has 1 nitrogen and oxygen atoms in total. The SMILES string of the molecule is C[CH]NCC.